The van der Waals surface area contributed by atoms with Gasteiger partial charge in [-0.15, -0.1) is 0 Å². The number of nitrogens with two attached hydrogens (primary N) is 1. The molecule has 2 aromatic rings. The lowest BCUT2D eigenvalue weighted by Gasteiger charge is -1.93. The predicted molar refractivity (Wildman–Crippen MR) is 45.2 cm³/mol. The van der Waals surface area contributed by atoms with E-state index in [-0.39, 0.29) is 5.95 Å². The minimum absolute atomic E-state index is 0.257. The highest BCUT2D eigenvalue weighted by molar-refractivity contribution is 5.68. The second-order valence-corrected chi connectivity index (χ2v) is 2.34. The summed E-state index contributed by atoms with van der Waals surface area (Å²) < 4.78 is 0. The van der Waals surface area contributed by atoms with Crippen molar-refractivity contribution in [1.82, 2.24) is 19.9 Å². The van der Waals surface area contributed by atoms with Crippen molar-refractivity contribution in [3.05, 3.63) is 11.8 Å². The van der Waals surface area contributed by atoms with Crippen molar-refractivity contribution < 1.29 is 4.84 Å². The number of hydrogen-bond donors (Lipinski definition) is 3. The SMILES string of the molecule is CON=c1[nH]c(N)nc2[nH]cnc12. The summed E-state index contributed by atoms with van der Waals surface area (Å²) in [5.41, 5.74) is 7.10. The van der Waals surface area contributed by atoms with Gasteiger partial charge in [0.25, 0.3) is 0 Å². The Kier molecular flexibility index (Phi) is 1.62. The molecule has 13 heavy (non-hydrogen) atoms. The summed E-state index contributed by atoms with van der Waals surface area (Å²) in [6, 6.07) is 0. The Bertz CT molecular complexity index is 483. The maximum absolute atomic E-state index is 5.48. The van der Waals surface area contributed by atoms with E-state index in [1.807, 2.05) is 0 Å². The molecule has 7 nitrogen and oxygen atoms in total. The van der Waals surface area contributed by atoms with Crippen molar-refractivity contribution in [3.8, 4) is 0 Å². The first-order valence-corrected chi connectivity index (χ1v) is 3.57. The number of hydrogen-bond acceptors (Lipinski definition) is 5. The van der Waals surface area contributed by atoms with Crippen LogP contribution in [0.1, 0.15) is 0 Å². The molecule has 0 saturated heterocycles. The standard InChI is InChI=1S/C6H8N6O/c1-13-12-5-3-4(9-2-8-3)10-6(7)11-5/h2H,1H3,(H4,7,8,9,10,11,12). The molecule has 4 N–H and O–H groups in total. The molecule has 0 atom stereocenters. The second kappa shape index (κ2) is 2.77. The smallest absolute Gasteiger partial charge is 0.202 e. The summed E-state index contributed by atoms with van der Waals surface area (Å²) >= 11 is 0. The van der Waals surface area contributed by atoms with Crippen molar-refractivity contribution in [1.29, 1.82) is 0 Å². The van der Waals surface area contributed by atoms with Gasteiger partial charge in [0.2, 0.25) is 11.4 Å². The summed E-state index contributed by atoms with van der Waals surface area (Å²) in [4.78, 5) is 18.1. The molecule has 0 aliphatic rings. The van der Waals surface area contributed by atoms with Gasteiger partial charge in [0.05, 0.1) is 6.33 Å². The van der Waals surface area contributed by atoms with Crippen LogP contribution in [0.2, 0.25) is 0 Å². The monoisotopic (exact) mass is 180 g/mol. The van der Waals surface area contributed by atoms with Crippen LogP contribution in [0.15, 0.2) is 11.5 Å². The number of nitrogens with zero attached hydrogens (tertiary/aromatic N) is 3. The Morgan fingerprint density at radius 1 is 1.62 bits per heavy atom. The number of fused-ring (bicyclic) bond motifs is 1. The Hall–Kier alpha value is -2.05. The van der Waals surface area contributed by atoms with Crippen molar-refractivity contribution in [2.45, 2.75) is 0 Å². The third-order valence-corrected chi connectivity index (χ3v) is 1.50. The minimum atomic E-state index is 0.257. The first kappa shape index (κ1) is 7.59. The zero-order chi connectivity index (χ0) is 9.26. The molecule has 7 heteroatoms. The number of rotatable bonds is 1. The van der Waals surface area contributed by atoms with Gasteiger partial charge in [-0.3, -0.25) is 0 Å². The molecule has 0 aromatic carbocycles. The van der Waals surface area contributed by atoms with Crippen LogP contribution in [0.4, 0.5) is 5.95 Å². The first-order valence-electron chi connectivity index (χ1n) is 3.57. The zero-order valence-corrected chi connectivity index (χ0v) is 6.90. The number of imidazole rings is 1. The van der Waals surface area contributed by atoms with E-state index in [2.05, 4.69) is 29.9 Å². The van der Waals surface area contributed by atoms with Crippen LogP contribution in [0.25, 0.3) is 11.2 Å². The van der Waals surface area contributed by atoms with Crippen LogP contribution in [0.3, 0.4) is 0 Å². The van der Waals surface area contributed by atoms with Gasteiger partial charge in [0.15, 0.2) is 11.2 Å². The van der Waals surface area contributed by atoms with E-state index in [1.165, 1.54) is 13.4 Å². The third-order valence-electron chi connectivity index (χ3n) is 1.50. The van der Waals surface area contributed by atoms with Gasteiger partial charge in [-0.05, 0) is 0 Å². The summed E-state index contributed by atoms with van der Waals surface area (Å²) in [6.07, 6.45) is 1.51. The fraction of sp³-hybridized carbons (Fsp3) is 0.167. The lowest BCUT2D eigenvalue weighted by Crippen LogP contribution is -2.13. The molecular weight excluding hydrogens is 172 g/mol. The van der Waals surface area contributed by atoms with Crippen LogP contribution < -0.4 is 11.2 Å². The maximum Gasteiger partial charge on any atom is 0.202 e. The molecule has 0 unspecified atom stereocenters. The van der Waals surface area contributed by atoms with Gasteiger partial charge in [-0.1, -0.05) is 5.16 Å². The summed E-state index contributed by atoms with van der Waals surface area (Å²) in [5, 5.41) is 3.71. The van der Waals surface area contributed by atoms with Gasteiger partial charge in [-0.2, -0.15) is 4.98 Å². The summed E-state index contributed by atoms with van der Waals surface area (Å²) in [6.45, 7) is 0. The molecule has 0 aliphatic carbocycles. The summed E-state index contributed by atoms with van der Waals surface area (Å²) in [7, 11) is 1.45. The van der Waals surface area contributed by atoms with Crippen LogP contribution in [-0.2, 0) is 4.84 Å². The molecule has 68 valence electrons. The van der Waals surface area contributed by atoms with Crippen LogP contribution in [-0.4, -0.2) is 27.0 Å². The fourth-order valence-electron chi connectivity index (χ4n) is 1.03. The number of anilines is 1. The molecule has 0 radical (unpaired) electrons. The number of H-pyrrole nitrogens is 2. The molecule has 0 aliphatic heterocycles. The zero-order valence-electron chi connectivity index (χ0n) is 6.90. The van der Waals surface area contributed by atoms with E-state index in [0.717, 1.165) is 0 Å². The van der Waals surface area contributed by atoms with Gasteiger partial charge in [0, 0.05) is 0 Å². The van der Waals surface area contributed by atoms with Crippen molar-refractivity contribution in [2.24, 2.45) is 5.16 Å². The molecule has 2 aromatic heterocycles. The normalized spacial score (nSPS) is 12.2. The maximum atomic E-state index is 5.48. The molecule has 2 heterocycles. The number of nitrogens with one attached hydrogen (secondary N) is 2. The molecule has 0 bridgehead atoms. The van der Waals surface area contributed by atoms with Crippen LogP contribution in [0.5, 0.6) is 0 Å². The van der Waals surface area contributed by atoms with Crippen molar-refractivity contribution in [2.75, 3.05) is 12.8 Å². The lowest BCUT2D eigenvalue weighted by molar-refractivity contribution is 0.199. The Balaban J connectivity index is 2.85. The lowest BCUT2D eigenvalue weighted by atomic mass is 10.5. The van der Waals surface area contributed by atoms with E-state index in [4.69, 9.17) is 5.73 Å². The Labute approximate surface area is 72.6 Å². The number of aromatic nitrogens is 4. The molecular formula is C6H8N6O. The highest BCUT2D eigenvalue weighted by Gasteiger charge is 2.01. The van der Waals surface area contributed by atoms with Gasteiger partial charge in [-0.25, -0.2) is 4.98 Å². The average molecular weight is 180 g/mol. The topological polar surface area (TPSA) is 105 Å². The number of aromatic amines is 2. The third kappa shape index (κ3) is 1.19. The van der Waals surface area contributed by atoms with Crippen molar-refractivity contribution in [3.63, 3.8) is 0 Å². The molecule has 0 fully saturated rings. The highest BCUT2D eigenvalue weighted by Crippen LogP contribution is 1.99. The van der Waals surface area contributed by atoms with E-state index >= 15 is 0 Å². The number of nitrogen functional groups attached to an aromatic ring is 1. The molecule has 0 amide bonds. The fourth-order valence-corrected chi connectivity index (χ4v) is 1.03. The first-order chi connectivity index (χ1) is 6.31. The largest absolute Gasteiger partial charge is 0.397 e. The Morgan fingerprint density at radius 2 is 2.46 bits per heavy atom. The molecule has 2 rings (SSSR count). The highest BCUT2D eigenvalue weighted by atomic mass is 16.6. The van der Waals surface area contributed by atoms with E-state index in [1.54, 1.807) is 0 Å². The minimum Gasteiger partial charge on any atom is -0.397 e. The van der Waals surface area contributed by atoms with Gasteiger partial charge < -0.3 is 20.5 Å². The van der Waals surface area contributed by atoms with E-state index in [9.17, 15) is 0 Å². The molecule has 0 saturated carbocycles. The average Bonchev–Trinajstić information content (AvgIpc) is 2.52. The second-order valence-electron chi connectivity index (χ2n) is 2.34. The van der Waals surface area contributed by atoms with Crippen LogP contribution >= 0.6 is 0 Å². The summed E-state index contributed by atoms with van der Waals surface area (Å²) in [5.74, 6) is 0.257. The quantitative estimate of drug-likeness (QED) is 0.506. The van der Waals surface area contributed by atoms with Gasteiger partial charge in [0.1, 0.15) is 7.11 Å². The van der Waals surface area contributed by atoms with Crippen molar-refractivity contribution >= 4 is 17.1 Å². The van der Waals surface area contributed by atoms with E-state index < -0.39 is 0 Å². The van der Waals surface area contributed by atoms with E-state index in [0.29, 0.717) is 16.7 Å². The predicted octanol–water partition coefficient (Wildman–Crippen LogP) is -0.670. The Morgan fingerprint density at radius 3 is 3.23 bits per heavy atom. The van der Waals surface area contributed by atoms with Crippen LogP contribution in [0, 0.1) is 0 Å². The van der Waals surface area contributed by atoms with Gasteiger partial charge >= 0.3 is 0 Å². The molecule has 0 spiro atoms.